The van der Waals surface area contributed by atoms with E-state index < -0.39 is 0 Å². The number of hydrogen-bond donors (Lipinski definition) is 0. The summed E-state index contributed by atoms with van der Waals surface area (Å²) in [5.74, 6) is 0. The van der Waals surface area contributed by atoms with Crippen molar-refractivity contribution in [1.29, 1.82) is 0 Å². The van der Waals surface area contributed by atoms with Crippen LogP contribution in [0.3, 0.4) is 0 Å². The van der Waals surface area contributed by atoms with Crippen molar-refractivity contribution in [3.63, 3.8) is 0 Å². The Labute approximate surface area is 113 Å². The van der Waals surface area contributed by atoms with Crippen LogP contribution in [0.1, 0.15) is 12.5 Å². The Bertz CT molecular complexity index is 339. The first-order valence-corrected chi connectivity index (χ1v) is 8.07. The van der Waals surface area contributed by atoms with Gasteiger partial charge < -0.3 is 0 Å². The average Bonchev–Trinajstić information content (AvgIpc) is 2.20. The summed E-state index contributed by atoms with van der Waals surface area (Å²) in [5, 5.41) is 1.31. The minimum atomic E-state index is 0.113. The summed E-state index contributed by atoms with van der Waals surface area (Å²) in [6.45, 7) is 3.42. The van der Waals surface area contributed by atoms with Crippen LogP contribution in [0.4, 0.5) is 0 Å². The van der Waals surface area contributed by atoms with Gasteiger partial charge in [-0.3, -0.25) is 0 Å². The number of alkyl halides is 1. The quantitative estimate of drug-likeness (QED) is 0.419. The van der Waals surface area contributed by atoms with Crippen molar-refractivity contribution in [2.75, 3.05) is 20.6 Å². The van der Waals surface area contributed by atoms with Gasteiger partial charge in [-0.1, -0.05) is 0 Å². The van der Waals surface area contributed by atoms with Crippen molar-refractivity contribution >= 4 is 23.2 Å². The van der Waals surface area contributed by atoms with Crippen molar-refractivity contribution in [1.82, 2.24) is 0 Å². The average molecular weight is 360 g/mol. The third kappa shape index (κ3) is 4.47. The van der Waals surface area contributed by atoms with Crippen LogP contribution in [-0.4, -0.2) is 23.3 Å². The topological polar surface area (TPSA) is 0 Å². The van der Waals surface area contributed by atoms with E-state index in [2.05, 4.69) is 27.1 Å². The summed E-state index contributed by atoms with van der Waals surface area (Å²) >= 11 is 12.0. The van der Waals surface area contributed by atoms with E-state index in [0.717, 1.165) is 7.12 Å². The van der Waals surface area contributed by atoms with Crippen LogP contribution in [0.2, 0.25) is 10.0 Å². The molecule has 0 radical (unpaired) electrons. The molecule has 0 saturated heterocycles. The fourth-order valence-electron chi connectivity index (χ4n) is 0.938. The van der Waals surface area contributed by atoms with E-state index in [0.29, 0.717) is 10.0 Å². The van der Waals surface area contributed by atoms with E-state index >= 15 is 0 Å². The van der Waals surface area contributed by atoms with Crippen molar-refractivity contribution < 1.29 is 24.2 Å². The van der Waals surface area contributed by atoms with Crippen molar-refractivity contribution in [3.05, 3.63) is 33.8 Å². The van der Waals surface area contributed by atoms with Crippen LogP contribution < -0.4 is 21.5 Å². The Morgan fingerprint density at radius 3 is 2.40 bits per heavy atom. The van der Waals surface area contributed by atoms with Gasteiger partial charge in [-0.25, -0.2) is 0 Å². The predicted molar refractivity (Wildman–Crippen MR) is 62.8 cm³/mol. The second-order valence-electron chi connectivity index (χ2n) is 3.86. The van der Waals surface area contributed by atoms with Gasteiger partial charge in [0.25, 0.3) is 0 Å². The maximum atomic E-state index is 5.97. The number of quaternary nitrogens is 1. The summed E-state index contributed by atoms with van der Waals surface area (Å²) in [6.07, 6.45) is 0. The molecule has 1 aromatic carbocycles. The summed E-state index contributed by atoms with van der Waals surface area (Å²) in [5.41, 5.74) is 1.30. The Morgan fingerprint density at radius 2 is 1.87 bits per heavy atom. The third-order valence-electron chi connectivity index (χ3n) is 2.27. The van der Waals surface area contributed by atoms with Crippen LogP contribution in [-0.2, 0) is 4.43 Å². The molecule has 0 heterocycles. The normalized spacial score (nSPS) is 12.1. The van der Waals surface area contributed by atoms with E-state index in [-0.39, 0.29) is 21.5 Å². The molecule has 1 rings (SSSR count). The number of rotatable bonds is 4. The monoisotopic (exact) mass is 359 g/mol. The Morgan fingerprint density at radius 1 is 1.20 bits per heavy atom. The Balaban J connectivity index is 2.62. The molecule has 0 aliphatic rings. The summed E-state index contributed by atoms with van der Waals surface area (Å²) in [6, 6.07) is 5.94. The molecule has 0 aliphatic heterocycles. The first-order valence-electron chi connectivity index (χ1n) is 4.82. The summed E-state index contributed by atoms with van der Waals surface area (Å²) in [7, 11) is 4.57. The molecule has 86 valence electrons. The molecule has 0 fully saturated rings. The molecule has 0 spiro atoms. The molecule has 0 atom stereocenters. The summed E-state index contributed by atoms with van der Waals surface area (Å²) in [4.78, 5) is 0. The fourth-order valence-corrected chi connectivity index (χ4v) is 3.53. The molecule has 1 nitrogen and oxygen atoms in total. The van der Waals surface area contributed by atoms with Gasteiger partial charge in [-0.05, 0) is 0 Å². The number of hydrogen-bond acceptors (Lipinski definition) is 0. The molecule has 0 aliphatic carbocycles. The van der Waals surface area contributed by atoms with Gasteiger partial charge in [0.15, 0.2) is 0 Å². The Kier molecular flexibility index (Phi) is 5.16. The Hall–Kier alpha value is 0.490. The fraction of sp³-hybridized carbons (Fsp3) is 0.455. The zero-order valence-electron chi connectivity index (χ0n) is 9.23. The first-order chi connectivity index (χ1) is 6.94. The molecule has 0 aromatic heterocycles. The van der Waals surface area contributed by atoms with E-state index in [1.54, 1.807) is 0 Å². The van der Waals surface area contributed by atoms with Gasteiger partial charge in [0.1, 0.15) is 0 Å². The van der Waals surface area contributed by atoms with E-state index in [9.17, 15) is 0 Å². The molecule has 4 heteroatoms. The molecule has 0 bridgehead atoms. The van der Waals surface area contributed by atoms with Gasteiger partial charge in [-0.2, -0.15) is 0 Å². The van der Waals surface area contributed by atoms with Gasteiger partial charge in [0.05, 0.1) is 0 Å². The van der Waals surface area contributed by atoms with Gasteiger partial charge in [0, 0.05) is 0 Å². The van der Waals surface area contributed by atoms with E-state index in [1.807, 2.05) is 12.1 Å². The minimum absolute atomic E-state index is 0.113. The van der Waals surface area contributed by atoms with Crippen LogP contribution >= 0.6 is 23.2 Å². The van der Waals surface area contributed by atoms with Gasteiger partial charge in [0.2, 0.25) is 0 Å². The van der Waals surface area contributed by atoms with Crippen molar-refractivity contribution in [2.24, 2.45) is 0 Å². The molecule has 0 N–H and O–H groups in total. The van der Waals surface area contributed by atoms with Crippen LogP contribution in [0.25, 0.3) is 0 Å². The second kappa shape index (κ2) is 5.71. The predicted octanol–water partition coefficient (Wildman–Crippen LogP) is 0.594. The van der Waals surface area contributed by atoms with Crippen LogP contribution in [0.5, 0.6) is 0 Å². The second-order valence-corrected chi connectivity index (χ2v) is 8.73. The molecular formula is C11H16Cl2IN. The zero-order chi connectivity index (χ0) is 11.5. The van der Waals surface area contributed by atoms with Crippen molar-refractivity contribution in [2.45, 2.75) is 11.4 Å². The SMILES string of the molecule is CC[N+](C)(C)[I-]Cc1ccc(Cl)c(Cl)c1. The number of benzene rings is 1. The molecule has 0 unspecified atom stereocenters. The van der Waals surface area contributed by atoms with Crippen molar-refractivity contribution in [3.8, 4) is 0 Å². The maximum absolute atomic E-state index is 5.97. The number of halogens is 3. The van der Waals surface area contributed by atoms with Gasteiger partial charge >= 0.3 is 113 Å². The zero-order valence-corrected chi connectivity index (χ0v) is 12.9. The van der Waals surface area contributed by atoms with Crippen LogP contribution in [0.15, 0.2) is 18.2 Å². The molecule has 1 aromatic rings. The number of nitrogens with zero attached hydrogens (tertiary/aromatic N) is 1. The summed E-state index contributed by atoms with van der Waals surface area (Å²) < 4.78 is 2.29. The molecule has 0 saturated carbocycles. The molecule has 15 heavy (non-hydrogen) atoms. The van der Waals surface area contributed by atoms with E-state index in [1.165, 1.54) is 12.1 Å². The standard InChI is InChI=1S/C11H16Cl2IN/c1-4-15(2,3)14-8-9-5-6-10(12)11(13)7-9/h5-7H,4,8H2,1-3H3. The van der Waals surface area contributed by atoms with Gasteiger partial charge in [-0.15, -0.1) is 0 Å². The van der Waals surface area contributed by atoms with E-state index in [4.69, 9.17) is 23.2 Å². The molecule has 0 amide bonds. The first kappa shape index (κ1) is 13.6. The third-order valence-corrected chi connectivity index (χ3v) is 6.76. The molecular weight excluding hydrogens is 344 g/mol. The van der Waals surface area contributed by atoms with Crippen LogP contribution in [0, 0.1) is 0 Å².